The number of nitrogens with two attached hydrogens (primary N) is 1. The fourth-order valence-corrected chi connectivity index (χ4v) is 0.817. The highest BCUT2D eigenvalue weighted by atomic mass is 16.3. The van der Waals surface area contributed by atoms with E-state index in [1.165, 1.54) is 0 Å². The van der Waals surface area contributed by atoms with Crippen molar-refractivity contribution in [1.29, 1.82) is 0 Å². The highest BCUT2D eigenvalue weighted by molar-refractivity contribution is 5.57. The molecule has 10 heavy (non-hydrogen) atoms. The van der Waals surface area contributed by atoms with E-state index in [0.29, 0.717) is 12.1 Å². The molecular formula is C8H10NO. The van der Waals surface area contributed by atoms with Gasteiger partial charge in [-0.25, -0.2) is 0 Å². The molecule has 0 spiro atoms. The fraction of sp³-hybridized carbons (Fsp3) is 0.125. The maximum atomic E-state index is 9.08. The molecule has 0 fully saturated rings. The van der Waals surface area contributed by atoms with E-state index in [0.717, 1.165) is 5.56 Å². The predicted molar refractivity (Wildman–Crippen MR) is 41.6 cm³/mol. The van der Waals surface area contributed by atoms with Crippen molar-refractivity contribution in [2.45, 2.75) is 6.42 Å². The molecule has 1 rings (SSSR count). The van der Waals surface area contributed by atoms with Gasteiger partial charge in [0, 0.05) is 0 Å². The molecule has 0 bridgehead atoms. The average Bonchev–Trinajstić information content (AvgIpc) is 1.95. The molecule has 1 aromatic carbocycles. The molecule has 1 aromatic rings. The first-order chi connectivity index (χ1) is 4.75. The number of benzene rings is 1. The Morgan fingerprint density at radius 1 is 1.50 bits per heavy atom. The summed E-state index contributed by atoms with van der Waals surface area (Å²) in [5.74, 6) is 0.140. The van der Waals surface area contributed by atoms with Gasteiger partial charge in [-0.05, 0) is 25.0 Å². The Balaban J connectivity index is 3.14. The number of phenols is 1. The Bertz CT molecular complexity index is 233. The van der Waals surface area contributed by atoms with Crippen LogP contribution in [0.2, 0.25) is 0 Å². The zero-order valence-electron chi connectivity index (χ0n) is 5.67. The molecule has 0 aliphatic heterocycles. The van der Waals surface area contributed by atoms with Crippen LogP contribution in [-0.4, -0.2) is 5.11 Å². The molecular weight excluding hydrogens is 126 g/mol. The van der Waals surface area contributed by atoms with Gasteiger partial charge in [0.25, 0.3) is 0 Å². The lowest BCUT2D eigenvalue weighted by Gasteiger charge is -2.02. The Hall–Kier alpha value is -1.18. The Morgan fingerprint density at radius 2 is 2.20 bits per heavy atom. The molecule has 0 heterocycles. The van der Waals surface area contributed by atoms with Crippen LogP contribution < -0.4 is 5.73 Å². The van der Waals surface area contributed by atoms with E-state index in [1.807, 2.05) is 6.07 Å². The summed E-state index contributed by atoms with van der Waals surface area (Å²) in [4.78, 5) is 0. The van der Waals surface area contributed by atoms with Gasteiger partial charge in [0.05, 0.1) is 5.69 Å². The Kier molecular flexibility index (Phi) is 1.81. The van der Waals surface area contributed by atoms with Gasteiger partial charge in [-0.15, -0.1) is 0 Å². The normalized spacial score (nSPS) is 9.70. The smallest absolute Gasteiger partial charge is 0.138 e. The van der Waals surface area contributed by atoms with E-state index in [9.17, 15) is 0 Å². The minimum atomic E-state index is 0.140. The molecule has 1 radical (unpaired) electrons. The summed E-state index contributed by atoms with van der Waals surface area (Å²) in [5.41, 5.74) is 6.83. The van der Waals surface area contributed by atoms with Gasteiger partial charge in [-0.1, -0.05) is 12.1 Å². The third kappa shape index (κ3) is 1.05. The number of rotatable bonds is 1. The second-order valence-electron chi connectivity index (χ2n) is 2.10. The number of aromatic hydroxyl groups is 1. The van der Waals surface area contributed by atoms with Crippen LogP contribution >= 0.6 is 0 Å². The van der Waals surface area contributed by atoms with Crippen LogP contribution in [0.15, 0.2) is 18.2 Å². The third-order valence-electron chi connectivity index (χ3n) is 1.44. The maximum Gasteiger partial charge on any atom is 0.138 e. The lowest BCUT2D eigenvalue weighted by molar-refractivity contribution is 0.477. The minimum absolute atomic E-state index is 0.140. The summed E-state index contributed by atoms with van der Waals surface area (Å²) < 4.78 is 0. The topological polar surface area (TPSA) is 46.2 Å². The summed E-state index contributed by atoms with van der Waals surface area (Å²) in [6.45, 7) is 3.67. The van der Waals surface area contributed by atoms with E-state index in [2.05, 4.69) is 6.92 Å². The van der Waals surface area contributed by atoms with Gasteiger partial charge in [-0.3, -0.25) is 0 Å². The Morgan fingerprint density at radius 3 is 2.70 bits per heavy atom. The zero-order valence-corrected chi connectivity index (χ0v) is 5.67. The predicted octanol–water partition coefficient (Wildman–Crippen LogP) is 1.35. The number of anilines is 1. The number of hydrogen-bond donors (Lipinski definition) is 2. The van der Waals surface area contributed by atoms with Crippen molar-refractivity contribution in [3.8, 4) is 5.75 Å². The van der Waals surface area contributed by atoms with Crippen LogP contribution in [-0.2, 0) is 6.42 Å². The highest BCUT2D eigenvalue weighted by Gasteiger charge is 1.99. The van der Waals surface area contributed by atoms with E-state index in [4.69, 9.17) is 10.8 Å². The van der Waals surface area contributed by atoms with Gasteiger partial charge in [0.15, 0.2) is 0 Å². The largest absolute Gasteiger partial charge is 0.506 e. The van der Waals surface area contributed by atoms with Crippen LogP contribution in [0.25, 0.3) is 0 Å². The summed E-state index contributed by atoms with van der Waals surface area (Å²) in [5, 5.41) is 9.08. The molecule has 0 amide bonds. The van der Waals surface area contributed by atoms with Crippen LogP contribution in [0, 0.1) is 6.92 Å². The van der Waals surface area contributed by atoms with Crippen molar-refractivity contribution in [3.05, 3.63) is 30.7 Å². The van der Waals surface area contributed by atoms with Crippen molar-refractivity contribution in [2.75, 3.05) is 5.73 Å². The molecule has 0 aliphatic carbocycles. The van der Waals surface area contributed by atoms with Crippen molar-refractivity contribution in [3.63, 3.8) is 0 Å². The van der Waals surface area contributed by atoms with Crippen molar-refractivity contribution in [1.82, 2.24) is 0 Å². The van der Waals surface area contributed by atoms with Crippen LogP contribution in [0.1, 0.15) is 5.56 Å². The SMILES string of the molecule is [CH2]Cc1cccc(O)c1N. The fourth-order valence-electron chi connectivity index (χ4n) is 0.817. The van der Waals surface area contributed by atoms with Crippen molar-refractivity contribution in [2.24, 2.45) is 0 Å². The first kappa shape index (κ1) is 6.93. The van der Waals surface area contributed by atoms with Gasteiger partial charge in [0.1, 0.15) is 5.75 Å². The van der Waals surface area contributed by atoms with Gasteiger partial charge < -0.3 is 10.8 Å². The van der Waals surface area contributed by atoms with Gasteiger partial charge >= 0.3 is 0 Å². The average molecular weight is 136 g/mol. The van der Waals surface area contributed by atoms with Crippen molar-refractivity contribution >= 4 is 5.69 Å². The van der Waals surface area contributed by atoms with Crippen LogP contribution in [0.3, 0.4) is 0 Å². The molecule has 2 nitrogen and oxygen atoms in total. The number of para-hydroxylation sites is 1. The maximum absolute atomic E-state index is 9.08. The molecule has 0 unspecified atom stereocenters. The van der Waals surface area contributed by atoms with Gasteiger partial charge in [0.2, 0.25) is 0 Å². The molecule has 2 heteroatoms. The second-order valence-corrected chi connectivity index (χ2v) is 2.10. The summed E-state index contributed by atoms with van der Waals surface area (Å²) in [6.07, 6.45) is 0.611. The van der Waals surface area contributed by atoms with Crippen LogP contribution in [0.5, 0.6) is 5.75 Å². The Labute approximate surface area is 60.3 Å². The summed E-state index contributed by atoms with van der Waals surface area (Å²) >= 11 is 0. The molecule has 0 aromatic heterocycles. The summed E-state index contributed by atoms with van der Waals surface area (Å²) in [7, 11) is 0. The van der Waals surface area contributed by atoms with E-state index < -0.39 is 0 Å². The lowest BCUT2D eigenvalue weighted by atomic mass is 10.1. The zero-order chi connectivity index (χ0) is 7.56. The highest BCUT2D eigenvalue weighted by Crippen LogP contribution is 2.23. The number of phenolic OH excluding ortho intramolecular Hbond substituents is 1. The molecule has 0 aliphatic rings. The first-order valence-electron chi connectivity index (χ1n) is 3.11. The minimum Gasteiger partial charge on any atom is -0.506 e. The van der Waals surface area contributed by atoms with E-state index in [-0.39, 0.29) is 5.75 Å². The monoisotopic (exact) mass is 136 g/mol. The van der Waals surface area contributed by atoms with Crippen LogP contribution in [0.4, 0.5) is 5.69 Å². The third-order valence-corrected chi connectivity index (χ3v) is 1.44. The van der Waals surface area contributed by atoms with E-state index in [1.54, 1.807) is 12.1 Å². The standard InChI is InChI=1S/C8H10NO/c1-2-6-4-3-5-7(10)8(6)9/h3-5,10H,1-2,9H2. The first-order valence-corrected chi connectivity index (χ1v) is 3.11. The quantitative estimate of drug-likeness (QED) is 0.452. The van der Waals surface area contributed by atoms with Crippen molar-refractivity contribution < 1.29 is 5.11 Å². The van der Waals surface area contributed by atoms with Gasteiger partial charge in [-0.2, -0.15) is 0 Å². The molecule has 0 saturated heterocycles. The molecule has 3 N–H and O–H groups in total. The lowest BCUT2D eigenvalue weighted by Crippen LogP contribution is -1.92. The van der Waals surface area contributed by atoms with E-state index >= 15 is 0 Å². The second kappa shape index (κ2) is 2.60. The molecule has 53 valence electrons. The number of nitrogen functional groups attached to an aromatic ring is 1. The summed E-state index contributed by atoms with van der Waals surface area (Å²) in [6, 6.07) is 5.17. The number of hydrogen-bond acceptors (Lipinski definition) is 2. The molecule has 0 atom stereocenters. The molecule has 0 saturated carbocycles.